The maximum Gasteiger partial charge on any atom is 0.161 e. The summed E-state index contributed by atoms with van der Waals surface area (Å²) in [5.74, 6) is 1.34. The highest BCUT2D eigenvalue weighted by molar-refractivity contribution is 6.30. The molecule has 1 atom stereocenters. The highest BCUT2D eigenvalue weighted by atomic mass is 35.5. The third-order valence-electron chi connectivity index (χ3n) is 4.00. The highest BCUT2D eigenvalue weighted by Crippen LogP contribution is 2.34. The van der Waals surface area contributed by atoms with E-state index in [1.54, 1.807) is 14.2 Å². The lowest BCUT2D eigenvalue weighted by molar-refractivity contribution is 0.166. The number of ether oxygens (including phenoxy) is 2. The first-order chi connectivity index (χ1) is 11.1. The predicted octanol–water partition coefficient (Wildman–Crippen LogP) is 4.59. The molecule has 0 spiro atoms. The molecule has 1 unspecified atom stereocenters. The number of methoxy groups -OCH3 is 2. The smallest absolute Gasteiger partial charge is 0.161 e. The number of aliphatic hydroxyl groups excluding tert-OH is 1. The molecule has 0 radical (unpaired) electrons. The van der Waals surface area contributed by atoms with Crippen LogP contribution in [0.2, 0.25) is 5.02 Å². The minimum Gasteiger partial charge on any atom is -0.493 e. The van der Waals surface area contributed by atoms with E-state index < -0.39 is 6.10 Å². The van der Waals surface area contributed by atoms with Gasteiger partial charge < -0.3 is 14.6 Å². The molecule has 2 rings (SSSR count). The molecule has 0 amide bonds. The number of halogens is 1. The normalized spacial score (nSPS) is 12.0. The van der Waals surface area contributed by atoms with Gasteiger partial charge in [-0.1, -0.05) is 30.7 Å². The Kier molecular flexibility index (Phi) is 6.31. The number of aryl methyl sites for hydroxylation is 2. The zero-order valence-electron chi connectivity index (χ0n) is 13.8. The Morgan fingerprint density at radius 2 is 1.65 bits per heavy atom. The fourth-order valence-corrected chi connectivity index (χ4v) is 2.79. The van der Waals surface area contributed by atoms with Crippen molar-refractivity contribution >= 4 is 11.6 Å². The molecule has 3 nitrogen and oxygen atoms in total. The first-order valence-corrected chi connectivity index (χ1v) is 8.14. The van der Waals surface area contributed by atoms with E-state index in [1.165, 1.54) is 0 Å². The van der Waals surface area contributed by atoms with Crippen molar-refractivity contribution in [3.63, 3.8) is 0 Å². The van der Waals surface area contributed by atoms with E-state index in [9.17, 15) is 5.11 Å². The van der Waals surface area contributed by atoms with Crippen molar-refractivity contribution in [1.29, 1.82) is 0 Å². The number of benzene rings is 2. The van der Waals surface area contributed by atoms with Crippen LogP contribution in [0.1, 0.15) is 36.1 Å². The van der Waals surface area contributed by atoms with E-state index in [0.717, 1.165) is 34.6 Å². The fraction of sp³-hybridized carbons (Fsp3) is 0.368. The molecule has 0 saturated carbocycles. The molecule has 2 aromatic carbocycles. The molecule has 2 aromatic rings. The minimum atomic E-state index is -0.541. The molecule has 23 heavy (non-hydrogen) atoms. The summed E-state index contributed by atoms with van der Waals surface area (Å²) >= 11 is 5.90. The van der Waals surface area contributed by atoms with Gasteiger partial charge in [-0.05, 0) is 60.2 Å². The average molecular weight is 335 g/mol. The number of hydrogen-bond donors (Lipinski definition) is 1. The third kappa shape index (κ3) is 4.40. The number of rotatable bonds is 7. The van der Waals surface area contributed by atoms with Gasteiger partial charge in [0.15, 0.2) is 11.5 Å². The Bertz CT molecular complexity index is 638. The molecule has 0 aliphatic heterocycles. The lowest BCUT2D eigenvalue weighted by Crippen LogP contribution is -2.05. The first-order valence-electron chi connectivity index (χ1n) is 7.76. The lowest BCUT2D eigenvalue weighted by atomic mass is 9.95. The Labute approximate surface area is 142 Å². The largest absolute Gasteiger partial charge is 0.493 e. The SMILES string of the molecule is CCc1cc(OC)c(OC)cc1C(O)CCc1ccc(Cl)cc1. The van der Waals surface area contributed by atoms with Gasteiger partial charge in [-0.3, -0.25) is 0 Å². The van der Waals surface area contributed by atoms with Crippen LogP contribution in [0.3, 0.4) is 0 Å². The first kappa shape index (κ1) is 17.6. The summed E-state index contributed by atoms with van der Waals surface area (Å²) in [5.41, 5.74) is 3.14. The van der Waals surface area contributed by atoms with E-state index in [-0.39, 0.29) is 0 Å². The molecule has 124 valence electrons. The standard InChI is InChI=1S/C19H23ClO3/c1-4-14-11-18(22-2)19(23-3)12-16(14)17(21)10-7-13-5-8-15(20)9-6-13/h5-6,8-9,11-12,17,21H,4,7,10H2,1-3H3. The van der Waals surface area contributed by atoms with Crippen molar-refractivity contribution < 1.29 is 14.6 Å². The molecule has 0 aromatic heterocycles. The minimum absolute atomic E-state index is 0.541. The van der Waals surface area contributed by atoms with Crippen LogP contribution in [0, 0.1) is 0 Å². The maximum absolute atomic E-state index is 10.6. The van der Waals surface area contributed by atoms with E-state index in [4.69, 9.17) is 21.1 Å². The van der Waals surface area contributed by atoms with Crippen molar-refractivity contribution in [2.75, 3.05) is 14.2 Å². The molecule has 4 heteroatoms. The summed E-state index contributed by atoms with van der Waals surface area (Å²) in [6.07, 6.45) is 1.72. The number of hydrogen-bond acceptors (Lipinski definition) is 3. The van der Waals surface area contributed by atoms with E-state index in [0.29, 0.717) is 17.9 Å². The van der Waals surface area contributed by atoms with Crippen LogP contribution in [0.4, 0.5) is 0 Å². The topological polar surface area (TPSA) is 38.7 Å². The summed E-state index contributed by atoms with van der Waals surface area (Å²) in [6, 6.07) is 11.5. The Hall–Kier alpha value is -1.71. The molecule has 0 aliphatic rings. The maximum atomic E-state index is 10.6. The summed E-state index contributed by atoms with van der Waals surface area (Å²) in [6.45, 7) is 2.07. The van der Waals surface area contributed by atoms with Crippen molar-refractivity contribution in [2.45, 2.75) is 32.3 Å². The quantitative estimate of drug-likeness (QED) is 0.805. The van der Waals surface area contributed by atoms with E-state index in [2.05, 4.69) is 6.92 Å². The van der Waals surface area contributed by atoms with Gasteiger partial charge in [0.05, 0.1) is 20.3 Å². The molecular weight excluding hydrogens is 312 g/mol. The van der Waals surface area contributed by atoms with Crippen LogP contribution in [0.15, 0.2) is 36.4 Å². The van der Waals surface area contributed by atoms with Gasteiger partial charge in [0.25, 0.3) is 0 Å². The molecule has 0 aliphatic carbocycles. The second-order valence-electron chi connectivity index (χ2n) is 5.44. The van der Waals surface area contributed by atoms with E-state index >= 15 is 0 Å². The van der Waals surface area contributed by atoms with Crippen LogP contribution in [-0.4, -0.2) is 19.3 Å². The second kappa shape index (κ2) is 8.23. The average Bonchev–Trinajstić information content (AvgIpc) is 2.59. The molecule has 0 fully saturated rings. The zero-order chi connectivity index (χ0) is 16.8. The molecule has 0 bridgehead atoms. The van der Waals surface area contributed by atoms with Gasteiger partial charge in [0.1, 0.15) is 0 Å². The summed E-state index contributed by atoms with van der Waals surface area (Å²) < 4.78 is 10.7. The van der Waals surface area contributed by atoms with Gasteiger partial charge in [-0.2, -0.15) is 0 Å². The zero-order valence-corrected chi connectivity index (χ0v) is 14.6. The fourth-order valence-electron chi connectivity index (χ4n) is 2.66. The molecular formula is C19H23ClO3. The molecule has 0 heterocycles. The number of aliphatic hydroxyl groups is 1. The van der Waals surface area contributed by atoms with Crippen LogP contribution < -0.4 is 9.47 Å². The van der Waals surface area contributed by atoms with Crippen LogP contribution in [0.5, 0.6) is 11.5 Å². The van der Waals surface area contributed by atoms with Gasteiger partial charge in [-0.25, -0.2) is 0 Å². The molecule has 1 N–H and O–H groups in total. The van der Waals surface area contributed by atoms with Gasteiger partial charge in [-0.15, -0.1) is 0 Å². The van der Waals surface area contributed by atoms with Gasteiger partial charge >= 0.3 is 0 Å². The lowest BCUT2D eigenvalue weighted by Gasteiger charge is -2.18. The van der Waals surface area contributed by atoms with Crippen molar-refractivity contribution in [1.82, 2.24) is 0 Å². The predicted molar refractivity (Wildman–Crippen MR) is 93.7 cm³/mol. The van der Waals surface area contributed by atoms with Crippen LogP contribution >= 0.6 is 11.6 Å². The Morgan fingerprint density at radius 1 is 1.04 bits per heavy atom. The van der Waals surface area contributed by atoms with E-state index in [1.807, 2.05) is 36.4 Å². The summed E-state index contributed by atoms with van der Waals surface area (Å²) in [7, 11) is 3.22. The second-order valence-corrected chi connectivity index (χ2v) is 5.88. The van der Waals surface area contributed by atoms with Crippen molar-refractivity contribution in [3.05, 3.63) is 58.1 Å². The van der Waals surface area contributed by atoms with Gasteiger partial charge in [0, 0.05) is 5.02 Å². The van der Waals surface area contributed by atoms with Crippen LogP contribution in [0.25, 0.3) is 0 Å². The summed E-state index contributed by atoms with van der Waals surface area (Å²) in [5, 5.41) is 11.3. The monoisotopic (exact) mass is 334 g/mol. The van der Waals surface area contributed by atoms with Crippen LogP contribution in [-0.2, 0) is 12.8 Å². The third-order valence-corrected chi connectivity index (χ3v) is 4.26. The molecule has 0 saturated heterocycles. The van der Waals surface area contributed by atoms with Crippen molar-refractivity contribution in [3.8, 4) is 11.5 Å². The van der Waals surface area contributed by atoms with Crippen molar-refractivity contribution in [2.24, 2.45) is 0 Å². The highest BCUT2D eigenvalue weighted by Gasteiger charge is 2.16. The Balaban J connectivity index is 2.17. The van der Waals surface area contributed by atoms with Gasteiger partial charge in [0.2, 0.25) is 0 Å². The summed E-state index contributed by atoms with van der Waals surface area (Å²) in [4.78, 5) is 0. The Morgan fingerprint density at radius 3 is 2.22 bits per heavy atom.